The number of nitrogens with one attached hydrogen (secondary N) is 1. The third kappa shape index (κ3) is 5.19. The lowest BCUT2D eigenvalue weighted by atomic mass is 10.1. The number of aryl methyl sites for hydroxylation is 1. The number of amides is 1. The molecule has 0 aliphatic heterocycles. The van der Waals surface area contributed by atoms with Crippen LogP contribution in [0.5, 0.6) is 5.75 Å². The van der Waals surface area contributed by atoms with Crippen molar-refractivity contribution in [3.8, 4) is 16.9 Å². The highest BCUT2D eigenvalue weighted by Crippen LogP contribution is 2.34. The van der Waals surface area contributed by atoms with Gasteiger partial charge in [0.1, 0.15) is 22.1 Å². The first-order chi connectivity index (χ1) is 17.3. The Morgan fingerprint density at radius 1 is 1.14 bits per heavy atom. The maximum Gasteiger partial charge on any atom is 0.341 e. The van der Waals surface area contributed by atoms with Crippen LogP contribution in [0, 0.1) is 13.8 Å². The standard InChI is InChI=1S/C26H27N3O5S2/c1-5-11-34-18-9-7-17(8-10-18)19-13-35-23-22(19)25(31)29(14-27-23)12-20(30)28-24-21(26(32)33-6-2)15(3)16(4)36-24/h7-10,13-14H,5-6,11-12H2,1-4H3,(H,28,30). The van der Waals surface area contributed by atoms with Crippen LogP contribution in [0.2, 0.25) is 0 Å². The fourth-order valence-electron chi connectivity index (χ4n) is 3.73. The Morgan fingerprint density at radius 3 is 2.58 bits per heavy atom. The van der Waals surface area contributed by atoms with E-state index in [9.17, 15) is 14.4 Å². The lowest BCUT2D eigenvalue weighted by Gasteiger charge is -2.09. The number of nitrogens with zero attached hydrogens (tertiary/aromatic N) is 2. The first-order valence-electron chi connectivity index (χ1n) is 11.6. The molecular formula is C26H27N3O5S2. The normalized spacial score (nSPS) is 11.0. The van der Waals surface area contributed by atoms with E-state index in [0.29, 0.717) is 27.4 Å². The van der Waals surface area contributed by atoms with Crippen LogP contribution in [0.15, 0.2) is 40.8 Å². The number of aromatic nitrogens is 2. The van der Waals surface area contributed by atoms with Crippen molar-refractivity contribution in [2.24, 2.45) is 0 Å². The SMILES string of the molecule is CCCOc1ccc(-c2csc3ncn(CC(=O)Nc4sc(C)c(C)c4C(=O)OCC)c(=O)c23)cc1. The fraction of sp³-hybridized carbons (Fsp3) is 0.308. The van der Waals surface area contributed by atoms with E-state index in [4.69, 9.17) is 9.47 Å². The van der Waals surface area contributed by atoms with Crippen LogP contribution in [-0.4, -0.2) is 34.6 Å². The average molecular weight is 526 g/mol. The third-order valence-electron chi connectivity index (χ3n) is 5.63. The molecule has 8 nitrogen and oxygen atoms in total. The van der Waals surface area contributed by atoms with Gasteiger partial charge >= 0.3 is 5.97 Å². The average Bonchev–Trinajstić information content (AvgIpc) is 3.41. The highest BCUT2D eigenvalue weighted by Gasteiger charge is 2.22. The number of hydrogen-bond donors (Lipinski definition) is 1. The Kier molecular flexibility index (Phi) is 7.85. The Labute approximate surface area is 216 Å². The molecule has 4 rings (SSSR count). The summed E-state index contributed by atoms with van der Waals surface area (Å²) in [6.07, 6.45) is 2.30. The van der Waals surface area contributed by atoms with Crippen molar-refractivity contribution in [3.05, 3.63) is 62.3 Å². The van der Waals surface area contributed by atoms with Gasteiger partial charge in [0.25, 0.3) is 5.56 Å². The first kappa shape index (κ1) is 25.6. The number of hydrogen-bond acceptors (Lipinski definition) is 8. The second-order valence-electron chi connectivity index (χ2n) is 8.14. The van der Waals surface area contributed by atoms with Gasteiger partial charge in [-0.05, 0) is 50.5 Å². The molecule has 0 aliphatic rings. The van der Waals surface area contributed by atoms with E-state index >= 15 is 0 Å². The highest BCUT2D eigenvalue weighted by molar-refractivity contribution is 7.17. The van der Waals surface area contributed by atoms with Gasteiger partial charge in [-0.2, -0.15) is 0 Å². The highest BCUT2D eigenvalue weighted by atomic mass is 32.1. The predicted octanol–water partition coefficient (Wildman–Crippen LogP) is 5.41. The van der Waals surface area contributed by atoms with Gasteiger partial charge in [0, 0.05) is 15.8 Å². The zero-order valence-corrected chi connectivity index (χ0v) is 22.2. The molecule has 0 unspecified atom stereocenters. The Hall–Kier alpha value is -3.50. The summed E-state index contributed by atoms with van der Waals surface area (Å²) >= 11 is 2.68. The number of fused-ring (bicyclic) bond motifs is 1. The monoisotopic (exact) mass is 525 g/mol. The van der Waals surface area contributed by atoms with Crippen molar-refractivity contribution in [2.45, 2.75) is 40.7 Å². The predicted molar refractivity (Wildman–Crippen MR) is 143 cm³/mol. The molecule has 1 amide bonds. The zero-order valence-electron chi connectivity index (χ0n) is 20.5. The molecule has 3 aromatic heterocycles. The Morgan fingerprint density at radius 2 is 1.89 bits per heavy atom. The van der Waals surface area contributed by atoms with Crippen molar-refractivity contribution in [1.29, 1.82) is 0 Å². The Balaban J connectivity index is 1.59. The number of anilines is 1. The van der Waals surface area contributed by atoms with Crippen molar-refractivity contribution >= 4 is 49.8 Å². The second-order valence-corrected chi connectivity index (χ2v) is 10.2. The van der Waals surface area contributed by atoms with Gasteiger partial charge in [0.2, 0.25) is 5.91 Å². The number of ether oxygens (including phenoxy) is 2. The quantitative estimate of drug-likeness (QED) is 0.294. The molecule has 188 valence electrons. The molecular weight excluding hydrogens is 498 g/mol. The molecule has 36 heavy (non-hydrogen) atoms. The number of carbonyl (C=O) groups excluding carboxylic acids is 2. The van der Waals surface area contributed by atoms with Gasteiger partial charge in [-0.25, -0.2) is 9.78 Å². The van der Waals surface area contributed by atoms with Crippen LogP contribution in [0.4, 0.5) is 5.00 Å². The van der Waals surface area contributed by atoms with E-state index in [-0.39, 0.29) is 18.7 Å². The summed E-state index contributed by atoms with van der Waals surface area (Å²) in [5, 5.41) is 5.55. The molecule has 3 heterocycles. The van der Waals surface area contributed by atoms with Gasteiger partial charge < -0.3 is 14.8 Å². The van der Waals surface area contributed by atoms with Gasteiger partial charge in [-0.15, -0.1) is 22.7 Å². The number of esters is 1. The van der Waals surface area contributed by atoms with Crippen molar-refractivity contribution < 1.29 is 19.1 Å². The summed E-state index contributed by atoms with van der Waals surface area (Å²) in [5.41, 5.74) is 2.44. The summed E-state index contributed by atoms with van der Waals surface area (Å²) in [6.45, 7) is 8.11. The molecule has 0 atom stereocenters. The van der Waals surface area contributed by atoms with E-state index in [1.165, 1.54) is 33.6 Å². The van der Waals surface area contributed by atoms with Gasteiger partial charge in [0.05, 0.1) is 30.5 Å². The first-order valence-corrected chi connectivity index (χ1v) is 13.3. The van der Waals surface area contributed by atoms with Crippen LogP contribution >= 0.6 is 22.7 Å². The lowest BCUT2D eigenvalue weighted by molar-refractivity contribution is -0.116. The van der Waals surface area contributed by atoms with E-state index in [2.05, 4.69) is 10.3 Å². The van der Waals surface area contributed by atoms with Crippen molar-refractivity contribution in [2.75, 3.05) is 18.5 Å². The summed E-state index contributed by atoms with van der Waals surface area (Å²) in [4.78, 5) is 44.6. The van der Waals surface area contributed by atoms with Crippen molar-refractivity contribution in [3.63, 3.8) is 0 Å². The summed E-state index contributed by atoms with van der Waals surface area (Å²) in [6, 6.07) is 7.58. The topological polar surface area (TPSA) is 99.5 Å². The molecule has 1 aromatic carbocycles. The smallest absolute Gasteiger partial charge is 0.341 e. The zero-order chi connectivity index (χ0) is 25.8. The number of carbonyl (C=O) groups is 2. The lowest BCUT2D eigenvalue weighted by Crippen LogP contribution is -2.28. The van der Waals surface area contributed by atoms with E-state index in [0.717, 1.165) is 33.7 Å². The third-order valence-corrected chi connectivity index (χ3v) is 7.64. The van der Waals surface area contributed by atoms with Crippen LogP contribution in [-0.2, 0) is 16.1 Å². The Bertz CT molecular complexity index is 1470. The van der Waals surface area contributed by atoms with Crippen LogP contribution in [0.25, 0.3) is 21.3 Å². The number of rotatable bonds is 9. The minimum atomic E-state index is -0.482. The van der Waals surface area contributed by atoms with Gasteiger partial charge in [0.15, 0.2) is 0 Å². The largest absolute Gasteiger partial charge is 0.494 e. The summed E-state index contributed by atoms with van der Waals surface area (Å²) < 4.78 is 12.1. The molecule has 4 aromatic rings. The summed E-state index contributed by atoms with van der Waals surface area (Å²) in [7, 11) is 0. The molecule has 0 aliphatic carbocycles. The molecule has 0 fully saturated rings. The van der Waals surface area contributed by atoms with Crippen LogP contribution < -0.4 is 15.6 Å². The minimum absolute atomic E-state index is 0.235. The molecule has 0 radical (unpaired) electrons. The van der Waals surface area contributed by atoms with Crippen LogP contribution in [0.3, 0.4) is 0 Å². The fourth-order valence-corrected chi connectivity index (χ4v) is 5.70. The molecule has 0 saturated carbocycles. The van der Waals surface area contributed by atoms with E-state index in [1.807, 2.05) is 50.4 Å². The van der Waals surface area contributed by atoms with Gasteiger partial charge in [-0.3, -0.25) is 14.2 Å². The maximum absolute atomic E-state index is 13.4. The molecule has 10 heteroatoms. The number of benzene rings is 1. The van der Waals surface area contributed by atoms with E-state index < -0.39 is 11.9 Å². The number of thiophene rings is 2. The van der Waals surface area contributed by atoms with Crippen molar-refractivity contribution in [1.82, 2.24) is 9.55 Å². The van der Waals surface area contributed by atoms with Crippen LogP contribution in [0.1, 0.15) is 41.1 Å². The molecule has 0 saturated heterocycles. The second kappa shape index (κ2) is 11.0. The molecule has 0 spiro atoms. The summed E-state index contributed by atoms with van der Waals surface area (Å²) in [5.74, 6) is -0.142. The molecule has 0 bridgehead atoms. The van der Waals surface area contributed by atoms with Gasteiger partial charge in [-0.1, -0.05) is 19.1 Å². The molecule has 1 N–H and O–H groups in total. The minimum Gasteiger partial charge on any atom is -0.494 e. The van der Waals surface area contributed by atoms with E-state index in [1.54, 1.807) is 6.92 Å². The maximum atomic E-state index is 13.4.